The molecular formula is C11H16N2O2S. The Morgan fingerprint density at radius 1 is 1.69 bits per heavy atom. The van der Waals surface area contributed by atoms with E-state index in [1.807, 2.05) is 0 Å². The molecule has 5 heteroatoms. The Kier molecular flexibility index (Phi) is 3.14. The van der Waals surface area contributed by atoms with Gasteiger partial charge in [0.1, 0.15) is 4.88 Å². The molecule has 16 heavy (non-hydrogen) atoms. The van der Waals surface area contributed by atoms with Crippen molar-refractivity contribution in [3.63, 3.8) is 0 Å². The topological polar surface area (TPSA) is 62.2 Å². The summed E-state index contributed by atoms with van der Waals surface area (Å²) in [4.78, 5) is 15.0. The van der Waals surface area contributed by atoms with E-state index in [2.05, 4.69) is 17.2 Å². The first-order valence-corrected chi connectivity index (χ1v) is 6.40. The molecule has 0 atom stereocenters. The molecule has 0 spiro atoms. The highest BCUT2D eigenvalue weighted by atomic mass is 32.1. The number of rotatable bonds is 6. The van der Waals surface area contributed by atoms with Gasteiger partial charge in [-0.05, 0) is 24.7 Å². The van der Waals surface area contributed by atoms with Crippen molar-refractivity contribution < 1.29 is 9.90 Å². The summed E-state index contributed by atoms with van der Waals surface area (Å²) in [5.41, 5.74) is 0.462. The molecule has 2 N–H and O–H groups in total. The van der Waals surface area contributed by atoms with Crippen molar-refractivity contribution in [1.29, 1.82) is 0 Å². The molecule has 4 nitrogen and oxygen atoms in total. The summed E-state index contributed by atoms with van der Waals surface area (Å²) in [6, 6.07) is 0. The fraction of sp³-hybridized carbons (Fsp3) is 0.636. The molecule has 1 aromatic heterocycles. The van der Waals surface area contributed by atoms with Crippen LogP contribution in [-0.4, -0.2) is 22.6 Å². The van der Waals surface area contributed by atoms with Crippen molar-refractivity contribution in [3.8, 4) is 0 Å². The van der Waals surface area contributed by atoms with Gasteiger partial charge < -0.3 is 10.4 Å². The van der Waals surface area contributed by atoms with Crippen molar-refractivity contribution in [1.82, 2.24) is 4.98 Å². The molecule has 1 saturated carbocycles. The van der Waals surface area contributed by atoms with Gasteiger partial charge in [-0.15, -0.1) is 0 Å². The fourth-order valence-corrected chi connectivity index (χ4v) is 2.59. The van der Waals surface area contributed by atoms with E-state index in [-0.39, 0.29) is 0 Å². The maximum atomic E-state index is 10.7. The molecule has 88 valence electrons. The standard InChI is InChI=1S/C11H16N2O2S/c1-2-3-11(4-5-11)7-13-10-12-6-8(16-10)9(14)15/h6H,2-5,7H2,1H3,(H,12,13)(H,14,15). The van der Waals surface area contributed by atoms with Crippen LogP contribution >= 0.6 is 11.3 Å². The van der Waals surface area contributed by atoms with E-state index >= 15 is 0 Å². The van der Waals surface area contributed by atoms with Gasteiger partial charge in [0.2, 0.25) is 0 Å². The molecule has 0 radical (unpaired) electrons. The van der Waals surface area contributed by atoms with Crippen LogP contribution in [0.1, 0.15) is 42.3 Å². The Balaban J connectivity index is 1.87. The second kappa shape index (κ2) is 4.41. The van der Waals surface area contributed by atoms with Crippen LogP contribution in [-0.2, 0) is 0 Å². The quantitative estimate of drug-likeness (QED) is 0.802. The van der Waals surface area contributed by atoms with Crippen molar-refractivity contribution in [2.75, 3.05) is 11.9 Å². The minimum absolute atomic E-state index is 0.294. The van der Waals surface area contributed by atoms with Gasteiger partial charge in [0, 0.05) is 6.54 Å². The maximum absolute atomic E-state index is 10.7. The number of hydrogen-bond acceptors (Lipinski definition) is 4. The SMILES string of the molecule is CCCC1(CNc2ncc(C(=O)O)s2)CC1. The Morgan fingerprint density at radius 3 is 2.94 bits per heavy atom. The van der Waals surface area contributed by atoms with Crippen LogP contribution in [0.3, 0.4) is 0 Å². The van der Waals surface area contributed by atoms with Crippen LogP contribution in [0.5, 0.6) is 0 Å². The van der Waals surface area contributed by atoms with Crippen molar-refractivity contribution in [2.45, 2.75) is 32.6 Å². The number of anilines is 1. The number of carbonyl (C=O) groups is 1. The van der Waals surface area contributed by atoms with Gasteiger partial charge in [0.25, 0.3) is 0 Å². The van der Waals surface area contributed by atoms with Gasteiger partial charge in [-0.2, -0.15) is 0 Å². The van der Waals surface area contributed by atoms with E-state index in [1.165, 1.54) is 43.2 Å². The van der Waals surface area contributed by atoms with E-state index in [4.69, 9.17) is 5.11 Å². The van der Waals surface area contributed by atoms with Gasteiger partial charge in [0.05, 0.1) is 6.20 Å². The lowest BCUT2D eigenvalue weighted by atomic mass is 10.0. The first kappa shape index (κ1) is 11.4. The highest BCUT2D eigenvalue weighted by Gasteiger charge is 2.41. The second-order valence-electron chi connectivity index (χ2n) is 4.44. The van der Waals surface area contributed by atoms with Crippen LogP contribution in [0, 0.1) is 5.41 Å². The lowest BCUT2D eigenvalue weighted by molar-refractivity contribution is 0.0702. The largest absolute Gasteiger partial charge is 0.477 e. The number of thiazole rings is 1. The zero-order valence-corrected chi connectivity index (χ0v) is 10.1. The molecule has 0 amide bonds. The number of carboxylic acid groups (broad SMARTS) is 1. The Labute approximate surface area is 98.7 Å². The molecule has 0 aromatic carbocycles. The van der Waals surface area contributed by atoms with E-state index in [9.17, 15) is 4.79 Å². The molecular weight excluding hydrogens is 224 g/mol. The van der Waals surface area contributed by atoms with Gasteiger partial charge in [-0.25, -0.2) is 9.78 Å². The lowest BCUT2D eigenvalue weighted by Gasteiger charge is -2.13. The molecule has 0 bridgehead atoms. The Hall–Kier alpha value is -1.10. The molecule has 1 fully saturated rings. The number of hydrogen-bond donors (Lipinski definition) is 2. The predicted octanol–water partition coefficient (Wildman–Crippen LogP) is 2.83. The normalized spacial score (nSPS) is 17.1. The zero-order chi connectivity index (χ0) is 11.6. The van der Waals surface area contributed by atoms with Crippen molar-refractivity contribution >= 4 is 22.4 Å². The molecule has 1 heterocycles. The average molecular weight is 240 g/mol. The summed E-state index contributed by atoms with van der Waals surface area (Å²) in [6.45, 7) is 3.12. The highest BCUT2D eigenvalue weighted by molar-refractivity contribution is 7.17. The van der Waals surface area contributed by atoms with Crippen LogP contribution in [0.2, 0.25) is 0 Å². The van der Waals surface area contributed by atoms with E-state index in [1.54, 1.807) is 0 Å². The predicted molar refractivity (Wildman–Crippen MR) is 64.1 cm³/mol. The number of aromatic nitrogens is 1. The highest BCUT2D eigenvalue weighted by Crippen LogP contribution is 2.49. The first-order valence-electron chi connectivity index (χ1n) is 5.58. The molecule has 1 aromatic rings. The monoisotopic (exact) mass is 240 g/mol. The Morgan fingerprint density at radius 2 is 2.44 bits per heavy atom. The number of nitrogens with one attached hydrogen (secondary N) is 1. The molecule has 1 aliphatic rings. The Bertz CT molecular complexity index is 385. The summed E-state index contributed by atoms with van der Waals surface area (Å²) in [7, 11) is 0. The number of nitrogens with zero attached hydrogens (tertiary/aromatic N) is 1. The summed E-state index contributed by atoms with van der Waals surface area (Å²) in [6.07, 6.45) is 6.43. The van der Waals surface area contributed by atoms with Crippen LogP contribution in [0.15, 0.2) is 6.20 Å². The van der Waals surface area contributed by atoms with E-state index in [0.29, 0.717) is 10.3 Å². The summed E-state index contributed by atoms with van der Waals surface area (Å²) >= 11 is 1.21. The lowest BCUT2D eigenvalue weighted by Crippen LogP contribution is -2.14. The summed E-state index contributed by atoms with van der Waals surface area (Å²) in [5.74, 6) is -0.903. The van der Waals surface area contributed by atoms with Crippen LogP contribution in [0.25, 0.3) is 0 Å². The summed E-state index contributed by atoms with van der Waals surface area (Å²) < 4.78 is 0. The fourth-order valence-electron chi connectivity index (χ4n) is 1.94. The van der Waals surface area contributed by atoms with Crippen LogP contribution in [0.4, 0.5) is 5.13 Å². The van der Waals surface area contributed by atoms with Gasteiger partial charge in [-0.1, -0.05) is 24.7 Å². The third-order valence-electron chi connectivity index (χ3n) is 3.07. The first-order chi connectivity index (χ1) is 7.65. The molecule has 0 aliphatic heterocycles. The summed E-state index contributed by atoms with van der Waals surface area (Å²) in [5, 5.41) is 12.7. The molecule has 2 rings (SSSR count). The third-order valence-corrected chi connectivity index (χ3v) is 4.01. The smallest absolute Gasteiger partial charge is 0.347 e. The second-order valence-corrected chi connectivity index (χ2v) is 5.47. The number of aromatic carboxylic acids is 1. The third kappa shape index (κ3) is 2.52. The van der Waals surface area contributed by atoms with Crippen LogP contribution < -0.4 is 5.32 Å². The zero-order valence-electron chi connectivity index (χ0n) is 9.32. The minimum atomic E-state index is -0.903. The molecule has 1 aliphatic carbocycles. The van der Waals surface area contributed by atoms with Gasteiger partial charge >= 0.3 is 5.97 Å². The molecule has 0 unspecified atom stereocenters. The van der Waals surface area contributed by atoms with Gasteiger partial charge in [-0.3, -0.25) is 0 Å². The van der Waals surface area contributed by atoms with Crippen molar-refractivity contribution in [3.05, 3.63) is 11.1 Å². The van der Waals surface area contributed by atoms with Gasteiger partial charge in [0.15, 0.2) is 5.13 Å². The van der Waals surface area contributed by atoms with Crippen molar-refractivity contribution in [2.24, 2.45) is 5.41 Å². The minimum Gasteiger partial charge on any atom is -0.477 e. The molecule has 0 saturated heterocycles. The van der Waals surface area contributed by atoms with E-state index in [0.717, 1.165) is 11.7 Å². The number of carboxylic acids is 1. The van der Waals surface area contributed by atoms with E-state index < -0.39 is 5.97 Å². The maximum Gasteiger partial charge on any atom is 0.347 e. The average Bonchev–Trinajstić information content (AvgIpc) is 2.84.